The Bertz CT molecular complexity index is 387. The van der Waals surface area contributed by atoms with Gasteiger partial charge in [-0.25, -0.2) is 4.79 Å². The molecule has 3 nitrogen and oxygen atoms in total. The van der Waals surface area contributed by atoms with Crippen LogP contribution in [0.25, 0.3) is 0 Å². The number of carboxylic acids is 1. The van der Waals surface area contributed by atoms with Gasteiger partial charge in [-0.2, -0.15) is 0 Å². The second-order valence-corrected chi connectivity index (χ2v) is 8.02. The minimum absolute atomic E-state index is 0.176. The predicted molar refractivity (Wildman–Crippen MR) is 88.6 cm³/mol. The molecule has 4 bridgehead atoms. The summed E-state index contributed by atoms with van der Waals surface area (Å²) in [5.74, 6) is 1.93. The molecule has 4 rings (SSSR count). The third kappa shape index (κ3) is 3.10. The second kappa shape index (κ2) is 6.35. The molecule has 0 heterocycles. The van der Waals surface area contributed by atoms with E-state index in [2.05, 4.69) is 20.4 Å². The van der Waals surface area contributed by atoms with E-state index in [1.54, 1.807) is 0 Å². The lowest BCUT2D eigenvalue weighted by atomic mass is 9.44. The number of hydrogen-bond acceptors (Lipinski definition) is 2. The molecule has 4 aliphatic rings. The Balaban J connectivity index is 0.000000254. The van der Waals surface area contributed by atoms with Crippen LogP contribution in [0.2, 0.25) is 0 Å². The fourth-order valence-corrected chi connectivity index (χ4v) is 5.68. The van der Waals surface area contributed by atoms with Crippen LogP contribution in [-0.2, 0) is 4.79 Å². The van der Waals surface area contributed by atoms with Crippen molar-refractivity contribution in [3.05, 3.63) is 12.2 Å². The van der Waals surface area contributed by atoms with Crippen molar-refractivity contribution in [2.45, 2.75) is 77.7 Å². The molecule has 0 amide bonds. The van der Waals surface area contributed by atoms with Gasteiger partial charge in [0.25, 0.3) is 0 Å². The Kier molecular flexibility index (Phi) is 5.06. The predicted octanol–water partition coefficient (Wildman–Crippen LogP) is 4.40. The average molecular weight is 308 g/mol. The fourth-order valence-electron chi connectivity index (χ4n) is 5.68. The topological polar surface area (TPSA) is 57.5 Å². The minimum atomic E-state index is -0.935. The van der Waals surface area contributed by atoms with Crippen molar-refractivity contribution in [2.75, 3.05) is 0 Å². The summed E-state index contributed by atoms with van der Waals surface area (Å²) >= 11 is 0. The number of aliphatic carboxylic acids is 1. The molecule has 0 spiro atoms. The molecule has 0 aromatic heterocycles. The monoisotopic (exact) mass is 308 g/mol. The molecule has 4 fully saturated rings. The van der Waals surface area contributed by atoms with Gasteiger partial charge in [0, 0.05) is 5.57 Å². The molecule has 4 aliphatic carbocycles. The maximum absolute atomic E-state index is 11.0. The van der Waals surface area contributed by atoms with Crippen LogP contribution in [0.3, 0.4) is 0 Å². The van der Waals surface area contributed by atoms with E-state index >= 15 is 0 Å². The Morgan fingerprint density at radius 2 is 1.41 bits per heavy atom. The smallest absolute Gasteiger partial charge is 0.330 e. The Labute approximate surface area is 134 Å². The molecule has 4 saturated carbocycles. The van der Waals surface area contributed by atoms with E-state index in [-0.39, 0.29) is 11.2 Å². The van der Waals surface area contributed by atoms with Gasteiger partial charge in [-0.1, -0.05) is 20.4 Å². The largest absolute Gasteiger partial charge is 0.478 e. The third-order valence-corrected chi connectivity index (χ3v) is 6.56. The molecular formula is C19H32O3. The first-order valence-corrected chi connectivity index (χ1v) is 8.86. The van der Waals surface area contributed by atoms with E-state index in [0.717, 1.165) is 30.6 Å². The molecule has 0 aromatic carbocycles. The van der Waals surface area contributed by atoms with Crippen LogP contribution in [0.15, 0.2) is 12.2 Å². The third-order valence-electron chi connectivity index (χ3n) is 6.56. The highest BCUT2D eigenvalue weighted by Crippen LogP contribution is 2.64. The van der Waals surface area contributed by atoms with E-state index in [0.29, 0.717) is 5.41 Å². The van der Waals surface area contributed by atoms with Gasteiger partial charge in [0.05, 0.1) is 5.60 Å². The normalized spacial score (nSPS) is 35.7. The number of hydrogen-bond donors (Lipinski definition) is 2. The maximum atomic E-state index is 11.0. The summed E-state index contributed by atoms with van der Waals surface area (Å²) in [7, 11) is 0. The quantitative estimate of drug-likeness (QED) is 0.757. The first-order valence-electron chi connectivity index (χ1n) is 8.86. The molecule has 0 aromatic rings. The maximum Gasteiger partial charge on any atom is 0.330 e. The van der Waals surface area contributed by atoms with E-state index in [9.17, 15) is 9.90 Å². The molecule has 0 radical (unpaired) electrons. The van der Waals surface area contributed by atoms with Gasteiger partial charge in [-0.3, -0.25) is 0 Å². The lowest BCUT2D eigenvalue weighted by Gasteiger charge is -2.62. The number of carbonyl (C=O) groups is 1. The summed E-state index contributed by atoms with van der Waals surface area (Å²) in [5, 5.41) is 18.9. The highest BCUT2D eigenvalue weighted by Gasteiger charge is 2.58. The summed E-state index contributed by atoms with van der Waals surface area (Å²) < 4.78 is 0. The van der Waals surface area contributed by atoms with E-state index in [1.807, 2.05) is 0 Å². The van der Waals surface area contributed by atoms with Crippen LogP contribution >= 0.6 is 0 Å². The van der Waals surface area contributed by atoms with Gasteiger partial charge >= 0.3 is 5.97 Å². The average Bonchev–Trinajstić information content (AvgIpc) is 2.45. The summed E-state index contributed by atoms with van der Waals surface area (Å²) in [5.41, 5.74) is 0.129. The van der Waals surface area contributed by atoms with Crippen molar-refractivity contribution < 1.29 is 15.0 Å². The van der Waals surface area contributed by atoms with Gasteiger partial charge in [0.15, 0.2) is 0 Å². The van der Waals surface area contributed by atoms with Crippen molar-refractivity contribution in [1.82, 2.24) is 0 Å². The van der Waals surface area contributed by atoms with Gasteiger partial charge < -0.3 is 10.2 Å². The Morgan fingerprint density at radius 1 is 1.09 bits per heavy atom. The van der Waals surface area contributed by atoms with Crippen molar-refractivity contribution in [2.24, 2.45) is 23.2 Å². The van der Waals surface area contributed by atoms with Crippen LogP contribution in [-0.4, -0.2) is 21.8 Å². The van der Waals surface area contributed by atoms with Crippen molar-refractivity contribution in [1.29, 1.82) is 0 Å². The van der Waals surface area contributed by atoms with Crippen LogP contribution in [0.5, 0.6) is 0 Å². The molecule has 0 atom stereocenters. The standard InChI is InChI=1S/C15H26O.C4H6O2/c1-3-15(16,4-2)14-8-11-5-12(9-14)7-13(6-11)10-14;1-3(2)4(5)6/h11-13,16H,3-10H2,1-2H3;1H2,2H3,(H,5,6). The summed E-state index contributed by atoms with van der Waals surface area (Å²) in [6, 6.07) is 0. The Hall–Kier alpha value is -0.830. The van der Waals surface area contributed by atoms with E-state index < -0.39 is 5.97 Å². The van der Waals surface area contributed by atoms with Crippen LogP contribution in [0.1, 0.15) is 72.1 Å². The molecule has 3 heteroatoms. The summed E-state index contributed by atoms with van der Waals surface area (Å²) in [4.78, 5) is 9.60. The second-order valence-electron chi connectivity index (χ2n) is 8.02. The lowest BCUT2D eigenvalue weighted by Crippen LogP contribution is -2.57. The number of rotatable bonds is 4. The van der Waals surface area contributed by atoms with Crippen molar-refractivity contribution in [3.8, 4) is 0 Å². The molecule has 2 N–H and O–H groups in total. The molecule has 126 valence electrons. The molecule has 22 heavy (non-hydrogen) atoms. The van der Waals surface area contributed by atoms with Crippen molar-refractivity contribution >= 4 is 5.97 Å². The van der Waals surface area contributed by atoms with E-state index in [4.69, 9.17) is 5.11 Å². The summed E-state index contributed by atoms with van der Waals surface area (Å²) in [6.45, 7) is 8.97. The molecule has 0 unspecified atom stereocenters. The Morgan fingerprint density at radius 3 is 1.64 bits per heavy atom. The van der Waals surface area contributed by atoms with Crippen LogP contribution in [0.4, 0.5) is 0 Å². The first kappa shape index (κ1) is 17.5. The van der Waals surface area contributed by atoms with Crippen LogP contribution < -0.4 is 0 Å². The van der Waals surface area contributed by atoms with Gasteiger partial charge in [-0.15, -0.1) is 0 Å². The fraction of sp³-hybridized carbons (Fsp3) is 0.842. The SMILES string of the molecule is C=C(C)C(=O)O.CCC(O)(CC)C12CC3CC(CC(C3)C1)C2. The number of carboxylic acid groups (broad SMARTS) is 1. The van der Waals surface area contributed by atoms with Crippen LogP contribution in [0, 0.1) is 23.2 Å². The molecule has 0 saturated heterocycles. The van der Waals surface area contributed by atoms with E-state index in [1.165, 1.54) is 45.4 Å². The molecule has 0 aliphatic heterocycles. The first-order chi connectivity index (χ1) is 10.2. The highest BCUT2D eigenvalue weighted by molar-refractivity contribution is 5.84. The molecular weight excluding hydrogens is 276 g/mol. The summed E-state index contributed by atoms with van der Waals surface area (Å²) in [6.07, 6.45) is 10.3. The minimum Gasteiger partial charge on any atom is -0.478 e. The zero-order chi connectivity index (χ0) is 16.5. The van der Waals surface area contributed by atoms with Crippen molar-refractivity contribution in [3.63, 3.8) is 0 Å². The number of aliphatic hydroxyl groups is 1. The highest BCUT2D eigenvalue weighted by atomic mass is 16.4. The zero-order valence-corrected chi connectivity index (χ0v) is 14.4. The van der Waals surface area contributed by atoms with Gasteiger partial charge in [-0.05, 0) is 81.5 Å². The lowest BCUT2D eigenvalue weighted by molar-refractivity contribution is -0.181. The van der Waals surface area contributed by atoms with Gasteiger partial charge in [0.2, 0.25) is 0 Å². The van der Waals surface area contributed by atoms with Gasteiger partial charge in [0.1, 0.15) is 0 Å². The zero-order valence-electron chi connectivity index (χ0n) is 14.4.